The first kappa shape index (κ1) is 12.6. The molecule has 0 saturated carbocycles. The van der Waals surface area contributed by atoms with Crippen LogP contribution in [0, 0.1) is 6.92 Å². The Kier molecular flexibility index (Phi) is 4.57. The van der Waals surface area contributed by atoms with Gasteiger partial charge in [0.2, 0.25) is 5.28 Å². The summed E-state index contributed by atoms with van der Waals surface area (Å²) in [6.07, 6.45) is 5.60. The van der Waals surface area contributed by atoms with Gasteiger partial charge in [0.05, 0.1) is 0 Å². The molecule has 5 heteroatoms. The quantitative estimate of drug-likeness (QED) is 0.647. The van der Waals surface area contributed by atoms with Crippen LogP contribution >= 0.6 is 11.6 Å². The maximum Gasteiger partial charge on any atom is 0.224 e. The van der Waals surface area contributed by atoms with Gasteiger partial charge in [-0.3, -0.25) is 0 Å². The predicted molar refractivity (Wildman–Crippen MR) is 70.6 cm³/mol. The van der Waals surface area contributed by atoms with Crippen LogP contribution in [0.5, 0.6) is 0 Å². The van der Waals surface area contributed by atoms with Crippen molar-refractivity contribution in [3.63, 3.8) is 0 Å². The van der Waals surface area contributed by atoms with E-state index in [4.69, 9.17) is 11.6 Å². The van der Waals surface area contributed by atoms with Crippen molar-refractivity contribution in [1.29, 1.82) is 0 Å². The Balaban J connectivity index is 1.72. The number of hydrogen-bond acceptors (Lipinski definition) is 4. The van der Waals surface area contributed by atoms with Crippen LogP contribution in [0.1, 0.15) is 24.8 Å². The highest BCUT2D eigenvalue weighted by Gasteiger charge is 2.10. The van der Waals surface area contributed by atoms with Gasteiger partial charge < -0.3 is 10.2 Å². The first-order valence-electron chi connectivity index (χ1n) is 6.21. The molecule has 0 spiro atoms. The van der Waals surface area contributed by atoms with Gasteiger partial charge in [0.1, 0.15) is 5.82 Å². The van der Waals surface area contributed by atoms with Gasteiger partial charge in [-0.1, -0.05) is 0 Å². The average Bonchev–Trinajstić information content (AvgIpc) is 2.82. The monoisotopic (exact) mass is 254 g/mol. The van der Waals surface area contributed by atoms with Crippen LogP contribution in [0.3, 0.4) is 0 Å². The third-order valence-electron chi connectivity index (χ3n) is 3.08. The van der Waals surface area contributed by atoms with Crippen molar-refractivity contribution in [3.05, 3.63) is 17.0 Å². The van der Waals surface area contributed by atoms with Gasteiger partial charge in [-0.15, -0.1) is 0 Å². The topological polar surface area (TPSA) is 41.1 Å². The third-order valence-corrected chi connectivity index (χ3v) is 3.27. The minimum absolute atomic E-state index is 0.303. The predicted octanol–water partition coefficient (Wildman–Crippen LogP) is 2.34. The second-order valence-corrected chi connectivity index (χ2v) is 4.84. The molecule has 17 heavy (non-hydrogen) atoms. The minimum Gasteiger partial charge on any atom is -0.370 e. The first-order valence-corrected chi connectivity index (χ1v) is 6.59. The summed E-state index contributed by atoms with van der Waals surface area (Å²) >= 11 is 5.76. The molecular weight excluding hydrogens is 236 g/mol. The molecule has 1 aromatic rings. The molecule has 94 valence electrons. The number of hydrogen-bond donors (Lipinski definition) is 1. The van der Waals surface area contributed by atoms with E-state index in [1.54, 1.807) is 6.20 Å². The molecule has 0 atom stereocenters. The lowest BCUT2D eigenvalue weighted by Gasteiger charge is -2.14. The normalized spacial score (nSPS) is 16.4. The number of likely N-dealkylation sites (tertiary alicyclic amines) is 1. The molecule has 2 rings (SSSR count). The highest BCUT2D eigenvalue weighted by Crippen LogP contribution is 2.13. The van der Waals surface area contributed by atoms with Crippen LogP contribution in [0.25, 0.3) is 0 Å². The molecule has 0 bridgehead atoms. The Labute approximate surface area is 107 Å². The van der Waals surface area contributed by atoms with Gasteiger partial charge in [0.15, 0.2) is 0 Å². The van der Waals surface area contributed by atoms with Crippen molar-refractivity contribution in [2.24, 2.45) is 0 Å². The maximum absolute atomic E-state index is 5.76. The second kappa shape index (κ2) is 6.17. The van der Waals surface area contributed by atoms with Crippen molar-refractivity contribution in [3.8, 4) is 0 Å². The van der Waals surface area contributed by atoms with E-state index in [1.807, 2.05) is 6.92 Å². The molecule has 1 fully saturated rings. The van der Waals surface area contributed by atoms with Gasteiger partial charge in [-0.25, -0.2) is 9.97 Å². The van der Waals surface area contributed by atoms with Crippen LogP contribution in [0.2, 0.25) is 5.28 Å². The fourth-order valence-electron chi connectivity index (χ4n) is 2.12. The Morgan fingerprint density at radius 3 is 2.94 bits per heavy atom. The fraction of sp³-hybridized carbons (Fsp3) is 0.667. The molecule has 0 aliphatic carbocycles. The van der Waals surface area contributed by atoms with Crippen LogP contribution in [-0.2, 0) is 0 Å². The summed E-state index contributed by atoms with van der Waals surface area (Å²) in [7, 11) is 0. The molecule has 1 aliphatic rings. The molecule has 1 N–H and O–H groups in total. The molecule has 1 saturated heterocycles. The summed E-state index contributed by atoms with van der Waals surface area (Å²) in [5.74, 6) is 0.853. The zero-order chi connectivity index (χ0) is 12.1. The third kappa shape index (κ3) is 3.82. The van der Waals surface area contributed by atoms with Crippen molar-refractivity contribution in [2.45, 2.75) is 26.2 Å². The van der Waals surface area contributed by atoms with Crippen molar-refractivity contribution < 1.29 is 0 Å². The molecule has 2 heterocycles. The second-order valence-electron chi connectivity index (χ2n) is 4.50. The molecule has 1 aromatic heterocycles. The summed E-state index contributed by atoms with van der Waals surface area (Å²) in [6.45, 7) is 6.62. The standard InChI is InChI=1S/C12H19ClN4/c1-10-9-15-12(13)16-11(10)14-5-4-8-17-6-2-3-7-17/h9H,2-8H2,1H3,(H,14,15,16). The summed E-state index contributed by atoms with van der Waals surface area (Å²) in [6, 6.07) is 0. The van der Waals surface area contributed by atoms with E-state index in [9.17, 15) is 0 Å². The highest BCUT2D eigenvalue weighted by atomic mass is 35.5. The number of rotatable bonds is 5. The number of nitrogens with one attached hydrogen (secondary N) is 1. The van der Waals surface area contributed by atoms with E-state index in [2.05, 4.69) is 20.2 Å². The van der Waals surface area contributed by atoms with E-state index in [0.29, 0.717) is 5.28 Å². The Morgan fingerprint density at radius 1 is 1.41 bits per heavy atom. The molecule has 0 radical (unpaired) electrons. The van der Waals surface area contributed by atoms with Crippen molar-refractivity contribution in [2.75, 3.05) is 31.5 Å². The van der Waals surface area contributed by atoms with Gasteiger partial charge in [0, 0.05) is 18.3 Å². The van der Waals surface area contributed by atoms with Crippen LogP contribution in [0.15, 0.2) is 6.20 Å². The molecule has 0 amide bonds. The average molecular weight is 255 g/mol. The van der Waals surface area contributed by atoms with Crippen LogP contribution in [-0.4, -0.2) is 41.0 Å². The van der Waals surface area contributed by atoms with Crippen molar-refractivity contribution >= 4 is 17.4 Å². The van der Waals surface area contributed by atoms with Gasteiger partial charge >= 0.3 is 0 Å². The Morgan fingerprint density at radius 2 is 2.18 bits per heavy atom. The molecular formula is C12H19ClN4. The summed E-state index contributed by atoms with van der Waals surface area (Å²) in [5, 5.41) is 3.62. The van der Waals surface area contributed by atoms with E-state index >= 15 is 0 Å². The summed E-state index contributed by atoms with van der Waals surface area (Å²) in [4.78, 5) is 10.6. The molecule has 4 nitrogen and oxygen atoms in total. The van der Waals surface area contributed by atoms with E-state index in [1.165, 1.54) is 32.5 Å². The van der Waals surface area contributed by atoms with Crippen molar-refractivity contribution in [1.82, 2.24) is 14.9 Å². The maximum atomic E-state index is 5.76. The van der Waals surface area contributed by atoms with Gasteiger partial charge in [-0.05, 0) is 57.4 Å². The Bertz CT molecular complexity index is 364. The minimum atomic E-state index is 0.303. The van der Waals surface area contributed by atoms with E-state index in [0.717, 1.165) is 24.3 Å². The summed E-state index contributed by atoms with van der Waals surface area (Å²) in [5.41, 5.74) is 1.04. The lowest BCUT2D eigenvalue weighted by atomic mass is 10.3. The van der Waals surface area contributed by atoms with E-state index < -0.39 is 0 Å². The smallest absolute Gasteiger partial charge is 0.224 e. The number of aryl methyl sites for hydroxylation is 1. The summed E-state index contributed by atoms with van der Waals surface area (Å²) < 4.78 is 0. The first-order chi connectivity index (χ1) is 8.25. The number of nitrogens with zero attached hydrogens (tertiary/aromatic N) is 3. The zero-order valence-electron chi connectivity index (χ0n) is 10.2. The SMILES string of the molecule is Cc1cnc(Cl)nc1NCCCN1CCCC1. The zero-order valence-corrected chi connectivity index (χ0v) is 11.0. The van der Waals surface area contributed by atoms with Gasteiger partial charge in [-0.2, -0.15) is 0 Å². The lowest BCUT2D eigenvalue weighted by Crippen LogP contribution is -2.22. The van der Waals surface area contributed by atoms with Crippen LogP contribution in [0.4, 0.5) is 5.82 Å². The van der Waals surface area contributed by atoms with Gasteiger partial charge in [0.25, 0.3) is 0 Å². The molecule has 0 aromatic carbocycles. The molecule has 0 unspecified atom stereocenters. The largest absolute Gasteiger partial charge is 0.370 e. The highest BCUT2D eigenvalue weighted by molar-refractivity contribution is 6.28. The van der Waals surface area contributed by atoms with E-state index in [-0.39, 0.29) is 0 Å². The van der Waals surface area contributed by atoms with Crippen LogP contribution < -0.4 is 5.32 Å². The Hall–Kier alpha value is -0.870. The lowest BCUT2D eigenvalue weighted by molar-refractivity contribution is 0.337. The number of anilines is 1. The molecule has 1 aliphatic heterocycles. The number of halogens is 1. The number of aromatic nitrogens is 2. The fourth-order valence-corrected chi connectivity index (χ4v) is 2.25.